The number of aliphatic hydroxyl groups excluding tert-OH is 1. The number of hydrogen-bond donors (Lipinski definition) is 3. The van der Waals surface area contributed by atoms with E-state index in [0.717, 1.165) is 5.56 Å². The van der Waals surface area contributed by atoms with Crippen molar-refractivity contribution >= 4 is 35.2 Å². The standard InChI is InChI=1S/C12H14ClNO4S/c13-9-3-1-2-8(4-9)6-19-7-11(16)14-5-10(15)12(17)18/h1-4,10,15H,5-7H2,(H,14,16)(H,17,18)/t10-/m0/s1. The van der Waals surface area contributed by atoms with Gasteiger partial charge in [-0.05, 0) is 17.7 Å². The molecular formula is C12H14ClNO4S. The van der Waals surface area contributed by atoms with E-state index in [4.69, 9.17) is 21.8 Å². The molecule has 0 aliphatic heterocycles. The van der Waals surface area contributed by atoms with Gasteiger partial charge in [-0.25, -0.2) is 4.79 Å². The Morgan fingerprint density at radius 1 is 1.42 bits per heavy atom. The zero-order chi connectivity index (χ0) is 14.3. The lowest BCUT2D eigenvalue weighted by Gasteiger charge is -2.07. The maximum Gasteiger partial charge on any atom is 0.334 e. The first-order chi connectivity index (χ1) is 8.99. The van der Waals surface area contributed by atoms with Crippen LogP contribution in [0.1, 0.15) is 5.56 Å². The quantitative estimate of drug-likeness (QED) is 0.703. The van der Waals surface area contributed by atoms with Crippen molar-refractivity contribution in [3.05, 3.63) is 34.9 Å². The predicted octanol–water partition coefficient (Wildman–Crippen LogP) is 1.13. The summed E-state index contributed by atoms with van der Waals surface area (Å²) in [7, 11) is 0. The molecule has 1 aromatic rings. The van der Waals surface area contributed by atoms with Crippen molar-refractivity contribution in [2.75, 3.05) is 12.3 Å². The number of aliphatic carboxylic acids is 1. The normalized spacial score (nSPS) is 11.9. The molecule has 1 atom stereocenters. The van der Waals surface area contributed by atoms with Crippen LogP contribution in [0.25, 0.3) is 0 Å². The first-order valence-electron chi connectivity index (χ1n) is 5.49. The van der Waals surface area contributed by atoms with Crippen LogP contribution >= 0.6 is 23.4 Å². The van der Waals surface area contributed by atoms with Crippen molar-refractivity contribution in [3.8, 4) is 0 Å². The van der Waals surface area contributed by atoms with Gasteiger partial charge in [-0.1, -0.05) is 23.7 Å². The molecule has 19 heavy (non-hydrogen) atoms. The molecule has 0 aromatic heterocycles. The Kier molecular flexibility index (Phi) is 6.69. The summed E-state index contributed by atoms with van der Waals surface area (Å²) in [6.07, 6.45) is -1.57. The smallest absolute Gasteiger partial charge is 0.334 e. The van der Waals surface area contributed by atoms with Gasteiger partial charge in [0.15, 0.2) is 6.10 Å². The Bertz CT molecular complexity index is 455. The van der Waals surface area contributed by atoms with Crippen LogP contribution in [0.3, 0.4) is 0 Å². The van der Waals surface area contributed by atoms with Crippen molar-refractivity contribution in [1.29, 1.82) is 0 Å². The van der Waals surface area contributed by atoms with E-state index >= 15 is 0 Å². The maximum atomic E-state index is 11.4. The maximum absolute atomic E-state index is 11.4. The fourth-order valence-corrected chi connectivity index (χ4v) is 2.25. The van der Waals surface area contributed by atoms with E-state index in [1.165, 1.54) is 11.8 Å². The summed E-state index contributed by atoms with van der Waals surface area (Å²) < 4.78 is 0. The van der Waals surface area contributed by atoms with E-state index in [1.807, 2.05) is 18.2 Å². The molecule has 0 saturated carbocycles. The monoisotopic (exact) mass is 303 g/mol. The van der Waals surface area contributed by atoms with Crippen molar-refractivity contribution in [3.63, 3.8) is 0 Å². The van der Waals surface area contributed by atoms with Crippen molar-refractivity contribution in [2.24, 2.45) is 0 Å². The SMILES string of the molecule is O=C(CSCc1cccc(Cl)c1)NC[C@H](O)C(=O)O. The number of thioether (sulfide) groups is 1. The average Bonchev–Trinajstić information content (AvgIpc) is 2.36. The fraction of sp³-hybridized carbons (Fsp3) is 0.333. The second-order valence-electron chi connectivity index (χ2n) is 3.78. The average molecular weight is 304 g/mol. The van der Waals surface area contributed by atoms with Crippen LogP contribution in [0.2, 0.25) is 5.02 Å². The first kappa shape index (κ1) is 15.8. The number of carboxylic acid groups (broad SMARTS) is 1. The summed E-state index contributed by atoms with van der Waals surface area (Å²) in [6.45, 7) is -0.286. The van der Waals surface area contributed by atoms with E-state index in [1.54, 1.807) is 6.07 Å². The number of benzene rings is 1. The van der Waals surface area contributed by atoms with E-state index in [-0.39, 0.29) is 18.2 Å². The zero-order valence-corrected chi connectivity index (χ0v) is 11.6. The van der Waals surface area contributed by atoms with Gasteiger partial charge in [0.2, 0.25) is 5.91 Å². The van der Waals surface area contributed by atoms with Gasteiger partial charge in [0, 0.05) is 10.8 Å². The molecule has 7 heteroatoms. The van der Waals surface area contributed by atoms with Gasteiger partial charge in [0.05, 0.1) is 12.3 Å². The Labute approximate surface area is 120 Å². The number of carbonyl (C=O) groups is 2. The Hall–Kier alpha value is -1.24. The second kappa shape index (κ2) is 8.04. The van der Waals surface area contributed by atoms with Crippen LogP contribution in [0.4, 0.5) is 0 Å². The van der Waals surface area contributed by atoms with Gasteiger partial charge in [0.25, 0.3) is 0 Å². The van der Waals surface area contributed by atoms with Crippen LogP contribution in [0.5, 0.6) is 0 Å². The molecule has 0 heterocycles. The molecule has 0 unspecified atom stereocenters. The van der Waals surface area contributed by atoms with Crippen molar-refractivity contribution < 1.29 is 19.8 Å². The molecule has 3 N–H and O–H groups in total. The summed E-state index contributed by atoms with van der Waals surface area (Å²) in [5.41, 5.74) is 1.01. The van der Waals surface area contributed by atoms with Gasteiger partial charge in [0.1, 0.15) is 0 Å². The summed E-state index contributed by atoms with van der Waals surface area (Å²) in [6, 6.07) is 7.34. The third-order valence-electron chi connectivity index (χ3n) is 2.17. The van der Waals surface area contributed by atoms with Gasteiger partial charge in [-0.3, -0.25) is 4.79 Å². The third kappa shape index (κ3) is 6.47. The molecule has 0 spiro atoms. The molecule has 0 saturated heterocycles. The molecule has 1 aromatic carbocycles. The summed E-state index contributed by atoms with van der Waals surface area (Å²) >= 11 is 7.21. The minimum atomic E-state index is -1.57. The lowest BCUT2D eigenvalue weighted by atomic mass is 10.2. The molecule has 1 amide bonds. The molecule has 0 aliphatic carbocycles. The van der Waals surface area contributed by atoms with Crippen LogP contribution in [0.15, 0.2) is 24.3 Å². The topological polar surface area (TPSA) is 86.6 Å². The molecule has 0 fully saturated rings. The van der Waals surface area contributed by atoms with Crippen LogP contribution < -0.4 is 5.32 Å². The molecule has 1 rings (SSSR count). The lowest BCUT2D eigenvalue weighted by molar-refractivity contribution is -0.146. The van der Waals surface area contributed by atoms with Crippen LogP contribution in [-0.4, -0.2) is 40.5 Å². The van der Waals surface area contributed by atoms with Gasteiger partial charge < -0.3 is 15.5 Å². The highest BCUT2D eigenvalue weighted by Gasteiger charge is 2.13. The summed E-state index contributed by atoms with van der Waals surface area (Å²) in [4.78, 5) is 21.7. The Morgan fingerprint density at radius 3 is 2.79 bits per heavy atom. The molecule has 0 bridgehead atoms. The summed E-state index contributed by atoms with van der Waals surface area (Å²) in [5.74, 6) is -0.840. The van der Waals surface area contributed by atoms with Gasteiger partial charge in [-0.2, -0.15) is 0 Å². The number of amides is 1. The van der Waals surface area contributed by atoms with E-state index in [2.05, 4.69) is 5.32 Å². The highest BCUT2D eigenvalue weighted by Crippen LogP contribution is 2.16. The van der Waals surface area contributed by atoms with Gasteiger partial charge >= 0.3 is 5.97 Å². The van der Waals surface area contributed by atoms with Crippen molar-refractivity contribution in [1.82, 2.24) is 5.32 Å². The fourth-order valence-electron chi connectivity index (χ4n) is 1.24. The minimum absolute atomic E-state index is 0.193. The summed E-state index contributed by atoms with van der Waals surface area (Å²) in [5, 5.41) is 20.4. The Balaban J connectivity index is 2.22. The zero-order valence-electron chi connectivity index (χ0n) is 10.0. The molecular weight excluding hydrogens is 290 g/mol. The van der Waals surface area contributed by atoms with Crippen molar-refractivity contribution in [2.45, 2.75) is 11.9 Å². The number of carboxylic acids is 1. The number of rotatable bonds is 7. The minimum Gasteiger partial charge on any atom is -0.479 e. The van der Waals surface area contributed by atoms with Crippen LogP contribution in [-0.2, 0) is 15.3 Å². The number of aliphatic hydroxyl groups is 1. The largest absolute Gasteiger partial charge is 0.479 e. The van der Waals surface area contributed by atoms with Crippen LogP contribution in [0, 0.1) is 0 Å². The highest BCUT2D eigenvalue weighted by molar-refractivity contribution is 7.99. The highest BCUT2D eigenvalue weighted by atomic mass is 35.5. The first-order valence-corrected chi connectivity index (χ1v) is 7.02. The number of nitrogens with one attached hydrogen (secondary N) is 1. The number of halogens is 1. The number of carbonyl (C=O) groups excluding carboxylic acids is 1. The molecule has 0 aliphatic rings. The number of hydrogen-bond acceptors (Lipinski definition) is 4. The second-order valence-corrected chi connectivity index (χ2v) is 5.20. The van der Waals surface area contributed by atoms with E-state index < -0.39 is 12.1 Å². The molecule has 5 nitrogen and oxygen atoms in total. The predicted molar refractivity (Wildman–Crippen MR) is 74.3 cm³/mol. The Morgan fingerprint density at radius 2 is 2.16 bits per heavy atom. The molecule has 0 radical (unpaired) electrons. The lowest BCUT2D eigenvalue weighted by Crippen LogP contribution is -2.37. The van der Waals surface area contributed by atoms with E-state index in [0.29, 0.717) is 10.8 Å². The third-order valence-corrected chi connectivity index (χ3v) is 3.41. The molecule has 104 valence electrons. The van der Waals surface area contributed by atoms with Gasteiger partial charge in [-0.15, -0.1) is 11.8 Å². The van der Waals surface area contributed by atoms with E-state index in [9.17, 15) is 9.59 Å².